The Morgan fingerprint density at radius 1 is 1.03 bits per heavy atom. The Balaban J connectivity index is 1.77. The van der Waals surface area contributed by atoms with Crippen molar-refractivity contribution in [3.63, 3.8) is 0 Å². The first kappa shape index (κ1) is 19.8. The van der Waals surface area contributed by atoms with Crippen LogP contribution in [0.3, 0.4) is 0 Å². The van der Waals surface area contributed by atoms with Gasteiger partial charge in [0.25, 0.3) is 0 Å². The molecule has 2 aromatic carbocycles. The molecule has 1 N–H and O–H groups in total. The van der Waals surface area contributed by atoms with Gasteiger partial charge in [-0.3, -0.25) is 0 Å². The normalized spacial score (nSPS) is 11.5. The molecule has 0 aliphatic carbocycles. The Bertz CT molecular complexity index is 1220. The number of hydrogen-bond acceptors (Lipinski definition) is 6. The Morgan fingerprint density at radius 3 is 2.41 bits per heavy atom. The summed E-state index contributed by atoms with van der Waals surface area (Å²) in [7, 11) is -3.92. The molecule has 0 aliphatic rings. The first-order chi connectivity index (χ1) is 13.9. The second kappa shape index (κ2) is 8.06. The van der Waals surface area contributed by atoms with Crippen LogP contribution in [0.2, 0.25) is 5.02 Å². The van der Waals surface area contributed by atoms with Crippen LogP contribution in [0.1, 0.15) is 5.76 Å². The van der Waals surface area contributed by atoms with E-state index in [1.807, 2.05) is 0 Å². The van der Waals surface area contributed by atoms with Crippen LogP contribution in [0.15, 0.2) is 90.2 Å². The maximum Gasteiger partial charge on any atom is 0.234 e. The predicted octanol–water partition coefficient (Wildman–Crippen LogP) is 5.80. The molecule has 2 heterocycles. The molecule has 29 heavy (non-hydrogen) atoms. The molecule has 148 valence electrons. The van der Waals surface area contributed by atoms with Gasteiger partial charge < -0.3 is 14.2 Å². The number of rotatable bonds is 6. The molecular weight excluding hydrogens is 480 g/mol. The summed E-state index contributed by atoms with van der Waals surface area (Å²) in [5.41, 5.74) is 0.604. The lowest BCUT2D eigenvalue weighted by Crippen LogP contribution is -2.07. The summed E-state index contributed by atoms with van der Waals surface area (Å²) in [6.45, 7) is 0.241. The number of oxazole rings is 1. The van der Waals surface area contributed by atoms with Gasteiger partial charge in [0.1, 0.15) is 5.76 Å². The molecule has 0 unspecified atom stereocenters. The molecule has 0 radical (unpaired) electrons. The topological polar surface area (TPSA) is 85.3 Å². The van der Waals surface area contributed by atoms with E-state index in [-0.39, 0.29) is 28.2 Å². The number of sulfone groups is 1. The summed E-state index contributed by atoms with van der Waals surface area (Å²) in [5, 5.41) is 3.32. The average Bonchev–Trinajstić information content (AvgIpc) is 3.37. The highest BCUT2D eigenvalue weighted by Crippen LogP contribution is 2.33. The van der Waals surface area contributed by atoms with Crippen molar-refractivity contribution in [2.24, 2.45) is 0 Å². The first-order valence-corrected chi connectivity index (χ1v) is 11.1. The van der Waals surface area contributed by atoms with Crippen molar-refractivity contribution in [3.8, 4) is 11.5 Å². The van der Waals surface area contributed by atoms with Crippen molar-refractivity contribution in [1.82, 2.24) is 4.98 Å². The summed E-state index contributed by atoms with van der Waals surface area (Å²) in [4.78, 5) is 4.39. The van der Waals surface area contributed by atoms with Crippen molar-refractivity contribution in [2.75, 3.05) is 5.32 Å². The predicted molar refractivity (Wildman–Crippen MR) is 113 cm³/mol. The minimum absolute atomic E-state index is 0.0364. The van der Waals surface area contributed by atoms with Crippen LogP contribution in [-0.4, -0.2) is 13.4 Å². The van der Waals surface area contributed by atoms with E-state index in [1.165, 1.54) is 18.4 Å². The number of nitrogens with zero attached hydrogens (tertiary/aromatic N) is 1. The van der Waals surface area contributed by atoms with Gasteiger partial charge in [-0.05, 0) is 60.7 Å². The maximum absolute atomic E-state index is 13.2. The summed E-state index contributed by atoms with van der Waals surface area (Å²) >= 11 is 9.24. The number of halogens is 2. The molecule has 4 rings (SSSR count). The molecule has 2 aromatic heterocycles. The Hall–Kier alpha value is -2.55. The van der Waals surface area contributed by atoms with Gasteiger partial charge in [-0.15, -0.1) is 0 Å². The van der Waals surface area contributed by atoms with Crippen molar-refractivity contribution >= 4 is 43.3 Å². The lowest BCUT2D eigenvalue weighted by molar-refractivity contribution is 0.511. The molecule has 0 aliphatic heterocycles. The molecular formula is C20H14BrClN2O4S. The van der Waals surface area contributed by atoms with Gasteiger partial charge in [0.05, 0.1) is 17.7 Å². The number of anilines is 1. The van der Waals surface area contributed by atoms with E-state index in [2.05, 4.69) is 26.2 Å². The van der Waals surface area contributed by atoms with Crippen LogP contribution >= 0.6 is 27.5 Å². The number of furan rings is 1. The fourth-order valence-corrected chi connectivity index (χ4v) is 4.29. The lowest BCUT2D eigenvalue weighted by atomic mass is 10.2. The minimum Gasteiger partial charge on any atom is -0.467 e. The molecule has 0 bridgehead atoms. The van der Waals surface area contributed by atoms with Crippen LogP contribution in [-0.2, 0) is 16.4 Å². The van der Waals surface area contributed by atoms with Gasteiger partial charge in [0, 0.05) is 15.1 Å². The third kappa shape index (κ3) is 4.24. The first-order valence-electron chi connectivity index (χ1n) is 8.47. The molecule has 0 atom stereocenters. The zero-order valence-corrected chi connectivity index (χ0v) is 18.0. The van der Waals surface area contributed by atoms with Crippen molar-refractivity contribution in [1.29, 1.82) is 0 Å². The highest BCUT2D eigenvalue weighted by Gasteiger charge is 2.28. The summed E-state index contributed by atoms with van der Waals surface area (Å²) < 4.78 is 38.2. The van der Waals surface area contributed by atoms with Crippen LogP contribution in [0.5, 0.6) is 0 Å². The van der Waals surface area contributed by atoms with Crippen molar-refractivity contribution < 1.29 is 17.3 Å². The minimum atomic E-state index is -3.92. The van der Waals surface area contributed by atoms with Crippen LogP contribution in [0.25, 0.3) is 11.5 Å². The monoisotopic (exact) mass is 492 g/mol. The highest BCUT2D eigenvalue weighted by molar-refractivity contribution is 9.10. The van der Waals surface area contributed by atoms with E-state index in [4.69, 9.17) is 20.4 Å². The number of aromatic nitrogens is 1. The highest BCUT2D eigenvalue weighted by atomic mass is 79.9. The van der Waals surface area contributed by atoms with Gasteiger partial charge in [-0.1, -0.05) is 27.5 Å². The SMILES string of the molecule is O=S(=O)(c1ccc(Br)cc1)c1nc(-c2ccc(Cl)cc2)oc1NCc1ccco1. The van der Waals surface area contributed by atoms with Crippen LogP contribution < -0.4 is 5.32 Å². The molecule has 4 aromatic rings. The maximum atomic E-state index is 13.2. The summed E-state index contributed by atoms with van der Waals surface area (Å²) in [6, 6.07) is 16.6. The molecule has 9 heteroatoms. The Labute approximate surface area is 180 Å². The van der Waals surface area contributed by atoms with E-state index in [1.54, 1.807) is 48.5 Å². The van der Waals surface area contributed by atoms with Crippen LogP contribution in [0.4, 0.5) is 5.88 Å². The Kier molecular flexibility index (Phi) is 5.49. The second-order valence-corrected chi connectivity index (χ2v) is 9.27. The smallest absolute Gasteiger partial charge is 0.234 e. The third-order valence-corrected chi connectivity index (χ3v) is 6.53. The molecule has 0 spiro atoms. The van der Waals surface area contributed by atoms with E-state index >= 15 is 0 Å². The zero-order valence-electron chi connectivity index (χ0n) is 14.8. The number of benzene rings is 2. The molecule has 0 saturated carbocycles. The lowest BCUT2D eigenvalue weighted by Gasteiger charge is -2.05. The van der Waals surface area contributed by atoms with Crippen molar-refractivity contribution in [3.05, 3.63) is 82.2 Å². The van der Waals surface area contributed by atoms with Gasteiger partial charge in [0.2, 0.25) is 26.6 Å². The van der Waals surface area contributed by atoms with Crippen LogP contribution in [0, 0.1) is 0 Å². The number of hydrogen-bond donors (Lipinski definition) is 1. The largest absolute Gasteiger partial charge is 0.467 e. The fourth-order valence-electron chi connectivity index (χ4n) is 2.62. The number of nitrogens with one attached hydrogen (secondary N) is 1. The third-order valence-electron chi connectivity index (χ3n) is 4.07. The molecule has 0 fully saturated rings. The average molecular weight is 494 g/mol. The summed E-state index contributed by atoms with van der Waals surface area (Å²) in [5.74, 6) is 0.829. The van der Waals surface area contributed by atoms with E-state index in [9.17, 15) is 8.42 Å². The van der Waals surface area contributed by atoms with Gasteiger partial charge in [0.15, 0.2) is 0 Å². The van der Waals surface area contributed by atoms with E-state index < -0.39 is 9.84 Å². The molecule has 6 nitrogen and oxygen atoms in total. The van der Waals surface area contributed by atoms with Gasteiger partial charge in [-0.25, -0.2) is 8.42 Å². The molecule has 0 amide bonds. The quantitative estimate of drug-likeness (QED) is 0.366. The van der Waals surface area contributed by atoms with E-state index in [0.717, 1.165) is 4.47 Å². The summed E-state index contributed by atoms with van der Waals surface area (Å²) in [6.07, 6.45) is 1.54. The van der Waals surface area contributed by atoms with Gasteiger partial charge >= 0.3 is 0 Å². The van der Waals surface area contributed by atoms with E-state index in [0.29, 0.717) is 16.3 Å². The standard InChI is InChI=1S/C20H14BrClN2O4S/c21-14-5-9-17(10-6-14)29(25,26)20-19(23-12-16-2-1-11-27-16)28-18(24-20)13-3-7-15(22)8-4-13/h1-11,23H,12H2. The molecule has 0 saturated heterocycles. The Morgan fingerprint density at radius 2 is 1.76 bits per heavy atom. The fraction of sp³-hybridized carbons (Fsp3) is 0.0500. The second-order valence-electron chi connectivity index (χ2n) is 6.05. The zero-order chi connectivity index (χ0) is 20.4. The van der Waals surface area contributed by atoms with Crippen molar-refractivity contribution in [2.45, 2.75) is 16.5 Å². The van der Waals surface area contributed by atoms with Gasteiger partial charge in [-0.2, -0.15) is 4.98 Å².